The van der Waals surface area contributed by atoms with Crippen molar-refractivity contribution in [2.45, 2.75) is 38.5 Å². The largest absolute Gasteiger partial charge is 0.339 e. The van der Waals surface area contributed by atoms with Gasteiger partial charge >= 0.3 is 0 Å². The maximum absolute atomic E-state index is 12.8. The van der Waals surface area contributed by atoms with Crippen LogP contribution in [0.4, 0.5) is 0 Å². The van der Waals surface area contributed by atoms with Crippen LogP contribution in [0.2, 0.25) is 0 Å². The van der Waals surface area contributed by atoms with Gasteiger partial charge in [-0.05, 0) is 80.0 Å². The predicted molar refractivity (Wildman–Crippen MR) is 113 cm³/mol. The van der Waals surface area contributed by atoms with Crippen LogP contribution in [0, 0.1) is 0 Å². The van der Waals surface area contributed by atoms with Crippen molar-refractivity contribution in [1.29, 1.82) is 0 Å². The lowest BCUT2D eigenvalue weighted by molar-refractivity contribution is 0.103. The summed E-state index contributed by atoms with van der Waals surface area (Å²) in [6.45, 7) is 5.75. The topological polar surface area (TPSA) is 51.3 Å². The second kappa shape index (κ2) is 7.87. The number of fused-ring (bicyclic) bond motifs is 1. The van der Waals surface area contributed by atoms with Gasteiger partial charge in [-0.2, -0.15) is 11.3 Å². The lowest BCUT2D eigenvalue weighted by Gasteiger charge is -2.31. The highest BCUT2D eigenvalue weighted by atomic mass is 32.1. The molecule has 4 rings (SSSR count). The first-order chi connectivity index (χ1) is 13.2. The highest BCUT2D eigenvalue weighted by Crippen LogP contribution is 2.34. The third-order valence-electron chi connectivity index (χ3n) is 5.76. The van der Waals surface area contributed by atoms with Crippen LogP contribution < -0.4 is 5.84 Å². The van der Waals surface area contributed by atoms with E-state index in [0.717, 1.165) is 48.0 Å². The molecule has 142 valence electrons. The zero-order chi connectivity index (χ0) is 18.8. The number of ketones is 1. The molecule has 1 saturated heterocycles. The quantitative estimate of drug-likeness (QED) is 0.500. The van der Waals surface area contributed by atoms with Gasteiger partial charge in [0.2, 0.25) is 0 Å². The first-order valence-corrected chi connectivity index (χ1v) is 10.8. The summed E-state index contributed by atoms with van der Waals surface area (Å²) in [6, 6.07) is 7.80. The molecule has 0 unspecified atom stereocenters. The van der Waals surface area contributed by atoms with Crippen molar-refractivity contribution >= 4 is 28.0 Å². The Hall–Kier alpha value is -2.11. The average molecular weight is 382 g/mol. The Balaban J connectivity index is 1.60. The SMILES string of the molecule is CCCCN1CCC(c2cn(N)c3ccc(C(=O)c4ccsc4)cc23)CC1. The van der Waals surface area contributed by atoms with Gasteiger partial charge in [-0.1, -0.05) is 13.3 Å². The van der Waals surface area contributed by atoms with Crippen molar-refractivity contribution in [1.82, 2.24) is 9.58 Å². The summed E-state index contributed by atoms with van der Waals surface area (Å²) in [5.41, 5.74) is 3.80. The van der Waals surface area contributed by atoms with E-state index in [2.05, 4.69) is 18.0 Å². The Morgan fingerprint density at radius 2 is 2.04 bits per heavy atom. The van der Waals surface area contributed by atoms with Gasteiger partial charge in [-0.15, -0.1) is 0 Å². The fourth-order valence-electron chi connectivity index (χ4n) is 4.16. The number of aromatic nitrogens is 1. The van der Waals surface area contributed by atoms with Crippen LogP contribution in [0.15, 0.2) is 41.2 Å². The van der Waals surface area contributed by atoms with Gasteiger partial charge in [-0.3, -0.25) is 9.47 Å². The monoisotopic (exact) mass is 381 g/mol. The zero-order valence-electron chi connectivity index (χ0n) is 15.9. The number of likely N-dealkylation sites (tertiary alicyclic amines) is 1. The molecule has 1 fully saturated rings. The van der Waals surface area contributed by atoms with Crippen molar-refractivity contribution < 1.29 is 4.79 Å². The molecule has 0 atom stereocenters. The molecule has 27 heavy (non-hydrogen) atoms. The Kier molecular flexibility index (Phi) is 5.32. The van der Waals surface area contributed by atoms with Crippen LogP contribution in [0.3, 0.4) is 0 Å². The van der Waals surface area contributed by atoms with Crippen molar-refractivity contribution in [3.63, 3.8) is 0 Å². The summed E-state index contributed by atoms with van der Waals surface area (Å²) >= 11 is 1.55. The minimum Gasteiger partial charge on any atom is -0.339 e. The third-order valence-corrected chi connectivity index (χ3v) is 6.45. The summed E-state index contributed by atoms with van der Waals surface area (Å²) in [7, 11) is 0. The number of piperidine rings is 1. The number of nitrogens with two attached hydrogens (primary N) is 1. The summed E-state index contributed by atoms with van der Waals surface area (Å²) in [5.74, 6) is 6.82. The van der Waals surface area contributed by atoms with Gasteiger partial charge < -0.3 is 10.7 Å². The van der Waals surface area contributed by atoms with Crippen LogP contribution >= 0.6 is 11.3 Å². The minimum absolute atomic E-state index is 0.0863. The maximum atomic E-state index is 12.8. The van der Waals surface area contributed by atoms with Gasteiger partial charge in [0.1, 0.15) is 0 Å². The molecule has 0 aliphatic carbocycles. The molecule has 1 aliphatic heterocycles. The van der Waals surface area contributed by atoms with Gasteiger partial charge in [0.05, 0.1) is 5.52 Å². The molecule has 3 heterocycles. The number of hydrogen-bond donors (Lipinski definition) is 1. The first kappa shape index (κ1) is 18.3. The molecular formula is C22H27N3OS. The number of nitrogen functional groups attached to an aromatic ring is 1. The van der Waals surface area contributed by atoms with Crippen molar-refractivity contribution in [3.8, 4) is 0 Å². The Morgan fingerprint density at radius 1 is 1.22 bits per heavy atom. The second-order valence-electron chi connectivity index (χ2n) is 7.53. The van der Waals surface area contributed by atoms with E-state index in [1.54, 1.807) is 16.0 Å². The van der Waals surface area contributed by atoms with Gasteiger partial charge in [0.25, 0.3) is 0 Å². The van der Waals surface area contributed by atoms with E-state index in [1.807, 2.05) is 35.0 Å². The highest BCUT2D eigenvalue weighted by molar-refractivity contribution is 7.08. The fraction of sp³-hybridized carbons (Fsp3) is 0.409. The maximum Gasteiger partial charge on any atom is 0.193 e. The molecule has 2 N–H and O–H groups in total. The second-order valence-corrected chi connectivity index (χ2v) is 8.31. The number of hydrogen-bond acceptors (Lipinski definition) is 4. The summed E-state index contributed by atoms with van der Waals surface area (Å²) in [4.78, 5) is 15.3. The Bertz CT molecular complexity index is 921. The number of nitrogens with zero attached hydrogens (tertiary/aromatic N) is 2. The predicted octanol–water partition coefficient (Wildman–Crippen LogP) is 4.63. The molecule has 5 heteroatoms. The number of carbonyl (C=O) groups excluding carboxylic acids is 1. The van der Waals surface area contributed by atoms with E-state index in [0.29, 0.717) is 5.92 Å². The summed E-state index contributed by atoms with van der Waals surface area (Å²) < 4.78 is 1.72. The smallest absolute Gasteiger partial charge is 0.193 e. The van der Waals surface area contributed by atoms with Crippen molar-refractivity contribution in [2.24, 2.45) is 0 Å². The molecule has 0 spiro atoms. The number of benzene rings is 1. The van der Waals surface area contributed by atoms with Crippen LogP contribution in [0.25, 0.3) is 10.9 Å². The van der Waals surface area contributed by atoms with E-state index in [-0.39, 0.29) is 5.78 Å². The molecule has 1 aliphatic rings. The van der Waals surface area contributed by atoms with E-state index >= 15 is 0 Å². The standard InChI is InChI=1S/C22H27N3OS/c1-2-3-9-24-10-6-16(7-11-24)20-14-25(23)21-5-4-17(13-19(20)21)22(26)18-8-12-27-15-18/h4-5,8,12-16H,2-3,6-7,9-11,23H2,1H3. The van der Waals surface area contributed by atoms with Crippen LogP contribution in [0.5, 0.6) is 0 Å². The average Bonchev–Trinajstić information content (AvgIpc) is 3.35. The number of thiophene rings is 1. The summed E-state index contributed by atoms with van der Waals surface area (Å²) in [6.07, 6.45) is 6.91. The molecule has 0 bridgehead atoms. The summed E-state index contributed by atoms with van der Waals surface area (Å²) in [5, 5.41) is 4.98. The minimum atomic E-state index is 0.0863. The lowest BCUT2D eigenvalue weighted by atomic mass is 9.88. The molecule has 4 nitrogen and oxygen atoms in total. The number of carbonyl (C=O) groups is 1. The molecule has 0 radical (unpaired) electrons. The van der Waals surface area contributed by atoms with E-state index in [4.69, 9.17) is 5.84 Å². The van der Waals surface area contributed by atoms with Crippen molar-refractivity contribution in [3.05, 3.63) is 57.9 Å². The number of unbranched alkanes of at least 4 members (excludes halogenated alkanes) is 1. The van der Waals surface area contributed by atoms with E-state index < -0.39 is 0 Å². The van der Waals surface area contributed by atoms with E-state index in [9.17, 15) is 4.79 Å². The molecule has 0 saturated carbocycles. The molecule has 0 amide bonds. The Labute approximate surface area is 164 Å². The molecule has 1 aromatic carbocycles. The molecular weight excluding hydrogens is 354 g/mol. The number of rotatable bonds is 6. The fourth-order valence-corrected chi connectivity index (χ4v) is 4.79. The third kappa shape index (κ3) is 3.66. The lowest BCUT2D eigenvalue weighted by Crippen LogP contribution is -2.33. The zero-order valence-corrected chi connectivity index (χ0v) is 16.7. The molecule has 2 aromatic heterocycles. The van der Waals surface area contributed by atoms with E-state index in [1.165, 1.54) is 24.9 Å². The van der Waals surface area contributed by atoms with Crippen molar-refractivity contribution in [2.75, 3.05) is 25.5 Å². The van der Waals surface area contributed by atoms with Crippen LogP contribution in [0.1, 0.15) is 60.0 Å². The molecule has 3 aromatic rings. The first-order valence-electron chi connectivity index (χ1n) is 9.86. The van der Waals surface area contributed by atoms with Gasteiger partial charge in [0, 0.05) is 28.1 Å². The normalized spacial score (nSPS) is 16.2. The Morgan fingerprint density at radius 3 is 2.74 bits per heavy atom. The van der Waals surface area contributed by atoms with Crippen LogP contribution in [-0.2, 0) is 0 Å². The van der Waals surface area contributed by atoms with Gasteiger partial charge in [-0.25, -0.2) is 0 Å². The van der Waals surface area contributed by atoms with Gasteiger partial charge in [0.15, 0.2) is 5.78 Å². The highest BCUT2D eigenvalue weighted by Gasteiger charge is 2.24. The van der Waals surface area contributed by atoms with Crippen LogP contribution in [-0.4, -0.2) is 35.0 Å².